The molecule has 0 unspecified atom stereocenters. The van der Waals surface area contributed by atoms with Crippen molar-refractivity contribution in [3.8, 4) is 0 Å². The number of fused-ring (bicyclic) bond motifs is 1. The zero-order chi connectivity index (χ0) is 15.4. The van der Waals surface area contributed by atoms with E-state index in [1.807, 2.05) is 0 Å². The fraction of sp³-hybridized carbons (Fsp3) is 0.600. The third-order valence-corrected chi connectivity index (χ3v) is 4.68. The number of nitrogens with two attached hydrogens (primary N) is 1. The first-order chi connectivity index (χ1) is 10.0. The Morgan fingerprint density at radius 2 is 1.95 bits per heavy atom. The van der Waals surface area contributed by atoms with E-state index in [0.717, 1.165) is 48.5 Å². The third kappa shape index (κ3) is 3.83. The van der Waals surface area contributed by atoms with Gasteiger partial charge in [0.15, 0.2) is 0 Å². The maximum absolute atomic E-state index is 5.89. The van der Waals surface area contributed by atoms with Crippen molar-refractivity contribution in [3.05, 3.63) is 10.9 Å². The van der Waals surface area contributed by atoms with Crippen LogP contribution in [0.3, 0.4) is 0 Å². The molecule has 0 saturated carbocycles. The number of aromatic nitrogens is 2. The summed E-state index contributed by atoms with van der Waals surface area (Å²) in [6, 6.07) is 2.21. The van der Waals surface area contributed by atoms with Crippen LogP contribution in [-0.4, -0.2) is 48.6 Å². The van der Waals surface area contributed by atoms with Crippen LogP contribution in [0.5, 0.6) is 0 Å². The number of thiophene rings is 1. The van der Waals surface area contributed by atoms with Gasteiger partial charge < -0.3 is 15.5 Å². The minimum atomic E-state index is 0.369. The molecule has 5 nitrogen and oxygen atoms in total. The minimum Gasteiger partial charge on any atom is -0.368 e. The molecule has 21 heavy (non-hydrogen) atoms. The van der Waals surface area contributed by atoms with Gasteiger partial charge in [-0.25, -0.2) is 4.98 Å². The number of aryl methyl sites for hydroxylation is 1. The van der Waals surface area contributed by atoms with Crippen molar-refractivity contribution < 1.29 is 0 Å². The van der Waals surface area contributed by atoms with Gasteiger partial charge in [-0.3, -0.25) is 0 Å². The maximum Gasteiger partial charge on any atom is 0.223 e. The van der Waals surface area contributed by atoms with Crippen molar-refractivity contribution in [1.82, 2.24) is 14.9 Å². The summed E-state index contributed by atoms with van der Waals surface area (Å²) in [5.41, 5.74) is 5.89. The number of nitrogen functional groups attached to an aromatic ring is 1. The number of nitrogens with zero attached hydrogens (tertiary/aromatic N) is 4. The summed E-state index contributed by atoms with van der Waals surface area (Å²) >= 11 is 1.72. The molecular weight excluding hydrogens is 282 g/mol. The van der Waals surface area contributed by atoms with Gasteiger partial charge in [-0.2, -0.15) is 4.98 Å². The van der Waals surface area contributed by atoms with Gasteiger partial charge >= 0.3 is 0 Å². The van der Waals surface area contributed by atoms with E-state index in [9.17, 15) is 0 Å². The molecular formula is C15H25N5S. The molecule has 0 amide bonds. The van der Waals surface area contributed by atoms with Gasteiger partial charge in [0.2, 0.25) is 5.95 Å². The summed E-state index contributed by atoms with van der Waals surface area (Å²) in [5.74, 6) is 1.35. The lowest BCUT2D eigenvalue weighted by Crippen LogP contribution is -2.28. The highest BCUT2D eigenvalue weighted by atomic mass is 32.1. The molecule has 0 aliphatic rings. The molecule has 0 saturated heterocycles. The highest BCUT2D eigenvalue weighted by Gasteiger charge is 2.15. The Morgan fingerprint density at radius 3 is 2.57 bits per heavy atom. The first-order valence-corrected chi connectivity index (χ1v) is 8.32. The van der Waals surface area contributed by atoms with Gasteiger partial charge in [0.1, 0.15) is 10.6 Å². The summed E-state index contributed by atoms with van der Waals surface area (Å²) in [7, 11) is 4.20. The Kier molecular flexibility index (Phi) is 5.36. The van der Waals surface area contributed by atoms with Gasteiger partial charge in [-0.1, -0.05) is 6.92 Å². The number of hydrogen-bond acceptors (Lipinski definition) is 6. The van der Waals surface area contributed by atoms with Crippen LogP contribution in [0.1, 0.15) is 25.1 Å². The van der Waals surface area contributed by atoms with Crippen LogP contribution in [0.4, 0.5) is 11.8 Å². The third-order valence-electron chi connectivity index (χ3n) is 3.50. The van der Waals surface area contributed by atoms with Crippen LogP contribution in [-0.2, 0) is 6.42 Å². The van der Waals surface area contributed by atoms with Gasteiger partial charge in [0.05, 0.1) is 5.39 Å². The Labute approximate surface area is 130 Å². The summed E-state index contributed by atoms with van der Waals surface area (Å²) in [5, 5.41) is 1.14. The zero-order valence-electron chi connectivity index (χ0n) is 13.4. The average Bonchev–Trinajstić information content (AvgIpc) is 2.85. The quantitative estimate of drug-likeness (QED) is 0.852. The van der Waals surface area contributed by atoms with Crippen molar-refractivity contribution in [2.24, 2.45) is 0 Å². The van der Waals surface area contributed by atoms with E-state index >= 15 is 0 Å². The standard InChI is InChI=1S/C15H25N5S/c1-5-11-10-12-13(17-15(16)18-14(12)21-11)20(6-2)9-7-8-19(3)4/h10H,5-9H2,1-4H3,(H2,16,17,18). The van der Waals surface area contributed by atoms with Gasteiger partial charge in [-0.15, -0.1) is 11.3 Å². The first kappa shape index (κ1) is 16.0. The molecule has 2 rings (SSSR count). The Morgan fingerprint density at radius 1 is 1.19 bits per heavy atom. The molecule has 0 atom stereocenters. The highest BCUT2D eigenvalue weighted by molar-refractivity contribution is 7.18. The molecule has 2 aromatic rings. The van der Waals surface area contributed by atoms with E-state index in [1.54, 1.807) is 11.3 Å². The number of hydrogen-bond donors (Lipinski definition) is 1. The molecule has 0 radical (unpaired) electrons. The monoisotopic (exact) mass is 307 g/mol. The second-order valence-corrected chi connectivity index (χ2v) is 6.54. The minimum absolute atomic E-state index is 0.369. The normalized spacial score (nSPS) is 11.5. The average molecular weight is 307 g/mol. The first-order valence-electron chi connectivity index (χ1n) is 7.50. The SMILES string of the molecule is CCc1cc2c(N(CC)CCCN(C)C)nc(N)nc2s1. The van der Waals surface area contributed by atoms with Crippen molar-refractivity contribution in [2.45, 2.75) is 26.7 Å². The Balaban J connectivity index is 2.30. The van der Waals surface area contributed by atoms with Crippen LogP contribution in [0.2, 0.25) is 0 Å². The molecule has 6 heteroatoms. The summed E-state index contributed by atoms with van der Waals surface area (Å²) < 4.78 is 0. The summed E-state index contributed by atoms with van der Waals surface area (Å²) in [4.78, 5) is 15.7. The Bertz CT molecular complexity index is 593. The number of rotatable bonds is 7. The lowest BCUT2D eigenvalue weighted by Gasteiger charge is -2.23. The van der Waals surface area contributed by atoms with E-state index in [0.29, 0.717) is 5.95 Å². The molecule has 116 valence electrons. The molecule has 0 aliphatic carbocycles. The molecule has 2 aromatic heterocycles. The summed E-state index contributed by atoms with van der Waals surface area (Å²) in [6.07, 6.45) is 2.13. The number of anilines is 2. The van der Waals surface area contributed by atoms with Crippen LogP contribution in [0.25, 0.3) is 10.2 Å². The molecule has 0 bridgehead atoms. The second-order valence-electron chi connectivity index (χ2n) is 5.43. The summed E-state index contributed by atoms with van der Waals surface area (Å²) in [6.45, 7) is 7.31. The molecule has 2 heterocycles. The van der Waals surface area contributed by atoms with Crippen molar-refractivity contribution in [2.75, 3.05) is 44.4 Å². The lowest BCUT2D eigenvalue weighted by molar-refractivity contribution is 0.400. The van der Waals surface area contributed by atoms with Crippen LogP contribution >= 0.6 is 11.3 Å². The van der Waals surface area contributed by atoms with Crippen LogP contribution < -0.4 is 10.6 Å². The highest BCUT2D eigenvalue weighted by Crippen LogP contribution is 2.31. The predicted molar refractivity (Wildman–Crippen MR) is 92.3 cm³/mol. The smallest absolute Gasteiger partial charge is 0.223 e. The van der Waals surface area contributed by atoms with Crippen LogP contribution in [0, 0.1) is 0 Å². The van der Waals surface area contributed by atoms with Crippen molar-refractivity contribution in [1.29, 1.82) is 0 Å². The fourth-order valence-electron chi connectivity index (χ4n) is 2.38. The van der Waals surface area contributed by atoms with Crippen molar-refractivity contribution >= 4 is 33.3 Å². The Hall–Kier alpha value is -1.40. The molecule has 0 aromatic carbocycles. The lowest BCUT2D eigenvalue weighted by atomic mass is 10.2. The maximum atomic E-state index is 5.89. The van der Waals surface area contributed by atoms with E-state index in [2.05, 4.69) is 53.8 Å². The molecule has 0 fully saturated rings. The molecule has 0 aliphatic heterocycles. The van der Waals surface area contributed by atoms with Crippen LogP contribution in [0.15, 0.2) is 6.07 Å². The van der Waals surface area contributed by atoms with E-state index in [4.69, 9.17) is 5.73 Å². The van der Waals surface area contributed by atoms with Gasteiger partial charge in [0, 0.05) is 18.0 Å². The van der Waals surface area contributed by atoms with E-state index in [-0.39, 0.29) is 0 Å². The molecule has 0 spiro atoms. The largest absolute Gasteiger partial charge is 0.368 e. The molecule has 2 N–H and O–H groups in total. The topological polar surface area (TPSA) is 58.3 Å². The van der Waals surface area contributed by atoms with E-state index < -0.39 is 0 Å². The predicted octanol–water partition coefficient (Wildman–Crippen LogP) is 2.61. The van der Waals surface area contributed by atoms with E-state index in [1.165, 1.54) is 4.88 Å². The zero-order valence-corrected chi connectivity index (χ0v) is 14.2. The fourth-order valence-corrected chi connectivity index (χ4v) is 3.35. The van der Waals surface area contributed by atoms with Crippen molar-refractivity contribution in [3.63, 3.8) is 0 Å². The van der Waals surface area contributed by atoms with Gasteiger partial charge in [0.25, 0.3) is 0 Å². The van der Waals surface area contributed by atoms with Gasteiger partial charge in [-0.05, 0) is 46.5 Å². The second kappa shape index (κ2) is 7.04.